The molecular formula is C11H19NO2S. The lowest BCUT2D eigenvalue weighted by Gasteiger charge is -2.38. The number of rotatable bonds is 2. The summed E-state index contributed by atoms with van der Waals surface area (Å²) in [6, 6.07) is 0. The lowest BCUT2D eigenvalue weighted by atomic mass is 10.0. The Hall–Kier alpha value is -0.220. The molecule has 0 aromatic carbocycles. The third kappa shape index (κ3) is 2.48. The summed E-state index contributed by atoms with van der Waals surface area (Å²) in [5.41, 5.74) is 0. The Morgan fingerprint density at radius 1 is 1.47 bits per heavy atom. The molecule has 86 valence electrons. The first-order chi connectivity index (χ1) is 7.18. The second-order valence-corrected chi connectivity index (χ2v) is 5.75. The normalized spacial score (nSPS) is 27.9. The first-order valence-corrected chi connectivity index (χ1v) is 6.82. The van der Waals surface area contributed by atoms with E-state index in [0.29, 0.717) is 24.3 Å². The van der Waals surface area contributed by atoms with E-state index in [1.807, 2.05) is 16.7 Å². The Morgan fingerprint density at radius 3 is 2.73 bits per heavy atom. The second kappa shape index (κ2) is 4.74. The van der Waals surface area contributed by atoms with Crippen LogP contribution in [0.1, 0.15) is 13.8 Å². The van der Waals surface area contributed by atoms with Gasteiger partial charge in [-0.25, -0.2) is 0 Å². The minimum atomic E-state index is 0.232. The fraction of sp³-hybridized carbons (Fsp3) is 0.909. The molecule has 0 bridgehead atoms. The number of nitrogens with zero attached hydrogens (tertiary/aromatic N) is 1. The van der Waals surface area contributed by atoms with Gasteiger partial charge in [-0.1, -0.05) is 13.8 Å². The van der Waals surface area contributed by atoms with Crippen LogP contribution in [0, 0.1) is 11.8 Å². The van der Waals surface area contributed by atoms with Crippen molar-refractivity contribution in [3.8, 4) is 0 Å². The lowest BCUT2D eigenvalue weighted by molar-refractivity contribution is -0.143. The van der Waals surface area contributed by atoms with Crippen LogP contribution >= 0.6 is 11.8 Å². The van der Waals surface area contributed by atoms with Crippen molar-refractivity contribution in [3.63, 3.8) is 0 Å². The van der Waals surface area contributed by atoms with E-state index in [9.17, 15) is 4.79 Å². The smallest absolute Gasteiger partial charge is 0.227 e. The summed E-state index contributed by atoms with van der Waals surface area (Å²) in [6.07, 6.45) is 0.232. The molecule has 15 heavy (non-hydrogen) atoms. The highest BCUT2D eigenvalue weighted by Crippen LogP contribution is 2.27. The van der Waals surface area contributed by atoms with Crippen LogP contribution < -0.4 is 0 Å². The maximum atomic E-state index is 12.0. The minimum absolute atomic E-state index is 0.232. The molecule has 0 aromatic rings. The van der Waals surface area contributed by atoms with Gasteiger partial charge in [0.25, 0.3) is 0 Å². The van der Waals surface area contributed by atoms with Gasteiger partial charge in [0.05, 0.1) is 18.6 Å². The van der Waals surface area contributed by atoms with Gasteiger partial charge in [-0.15, -0.1) is 0 Å². The Labute approximate surface area is 95.5 Å². The molecule has 2 aliphatic rings. The van der Waals surface area contributed by atoms with Gasteiger partial charge in [0.2, 0.25) is 5.91 Å². The largest absolute Gasteiger partial charge is 0.374 e. The molecule has 2 saturated heterocycles. The first kappa shape index (κ1) is 11.3. The molecular weight excluding hydrogens is 210 g/mol. The first-order valence-electron chi connectivity index (χ1n) is 5.66. The van der Waals surface area contributed by atoms with Gasteiger partial charge in [0.1, 0.15) is 0 Å². The number of ether oxygens (including phenoxy) is 1. The van der Waals surface area contributed by atoms with Gasteiger partial charge >= 0.3 is 0 Å². The average molecular weight is 229 g/mol. The van der Waals surface area contributed by atoms with Crippen molar-refractivity contribution in [1.82, 2.24) is 4.90 Å². The maximum Gasteiger partial charge on any atom is 0.227 e. The molecule has 1 amide bonds. The van der Waals surface area contributed by atoms with Crippen LogP contribution in [0.3, 0.4) is 0 Å². The fourth-order valence-electron chi connectivity index (χ4n) is 1.92. The molecule has 3 nitrogen and oxygen atoms in total. The fourth-order valence-corrected chi connectivity index (χ4v) is 2.67. The highest BCUT2D eigenvalue weighted by molar-refractivity contribution is 8.00. The predicted octanol–water partition coefficient (Wildman–Crippen LogP) is 1.23. The van der Waals surface area contributed by atoms with E-state index in [2.05, 4.69) is 13.8 Å². The van der Waals surface area contributed by atoms with Crippen molar-refractivity contribution in [2.45, 2.75) is 20.0 Å². The molecule has 0 aromatic heterocycles. The van der Waals surface area contributed by atoms with Gasteiger partial charge < -0.3 is 9.64 Å². The Kier molecular flexibility index (Phi) is 3.57. The highest BCUT2D eigenvalue weighted by atomic mass is 32.2. The van der Waals surface area contributed by atoms with Crippen molar-refractivity contribution in [3.05, 3.63) is 0 Å². The summed E-state index contributed by atoms with van der Waals surface area (Å²) in [6.45, 7) is 6.57. The van der Waals surface area contributed by atoms with Gasteiger partial charge in [0, 0.05) is 24.6 Å². The van der Waals surface area contributed by atoms with Gasteiger partial charge in [-0.2, -0.15) is 11.8 Å². The summed E-state index contributed by atoms with van der Waals surface area (Å²) in [7, 11) is 0. The van der Waals surface area contributed by atoms with E-state index in [1.54, 1.807) is 0 Å². The van der Waals surface area contributed by atoms with E-state index in [4.69, 9.17) is 4.74 Å². The second-order valence-electron chi connectivity index (χ2n) is 4.67. The molecule has 2 aliphatic heterocycles. The van der Waals surface area contributed by atoms with Crippen molar-refractivity contribution < 1.29 is 9.53 Å². The number of hydrogen-bond donors (Lipinski definition) is 0. The molecule has 0 N–H and O–H groups in total. The van der Waals surface area contributed by atoms with E-state index in [1.165, 1.54) is 0 Å². The number of carbonyl (C=O) groups excluding carboxylic acids is 1. The summed E-state index contributed by atoms with van der Waals surface area (Å²) in [5, 5.41) is 0. The molecule has 2 heterocycles. The average Bonchev–Trinajstić information content (AvgIpc) is 2.15. The quantitative estimate of drug-likeness (QED) is 0.713. The number of thioether (sulfide) groups is 1. The summed E-state index contributed by atoms with van der Waals surface area (Å²) < 4.78 is 5.65. The van der Waals surface area contributed by atoms with E-state index in [0.717, 1.165) is 24.6 Å². The topological polar surface area (TPSA) is 29.5 Å². The van der Waals surface area contributed by atoms with Crippen molar-refractivity contribution >= 4 is 17.7 Å². The van der Waals surface area contributed by atoms with Crippen LogP contribution in [0.2, 0.25) is 0 Å². The number of carbonyl (C=O) groups is 1. The SMILES string of the molecule is CC(C)C1CN(C(=O)C2CSC2)CCO1. The molecule has 0 radical (unpaired) electrons. The number of morpholine rings is 1. The zero-order valence-corrected chi connectivity index (χ0v) is 10.3. The monoisotopic (exact) mass is 229 g/mol. The van der Waals surface area contributed by atoms with Crippen LogP contribution in [0.25, 0.3) is 0 Å². The maximum absolute atomic E-state index is 12.0. The predicted molar refractivity (Wildman–Crippen MR) is 62.0 cm³/mol. The minimum Gasteiger partial charge on any atom is -0.374 e. The molecule has 4 heteroatoms. The molecule has 0 aliphatic carbocycles. The van der Waals surface area contributed by atoms with E-state index < -0.39 is 0 Å². The van der Waals surface area contributed by atoms with Crippen LogP contribution in [0.15, 0.2) is 0 Å². The summed E-state index contributed by atoms with van der Waals surface area (Å²) in [5.74, 6) is 3.17. The lowest BCUT2D eigenvalue weighted by Crippen LogP contribution is -2.51. The zero-order chi connectivity index (χ0) is 10.8. The third-order valence-electron chi connectivity index (χ3n) is 3.14. The molecule has 2 rings (SSSR count). The molecule has 0 spiro atoms. The summed E-state index contributed by atoms with van der Waals surface area (Å²) in [4.78, 5) is 14.0. The van der Waals surface area contributed by atoms with Gasteiger partial charge in [0.15, 0.2) is 0 Å². The highest BCUT2D eigenvalue weighted by Gasteiger charge is 2.33. The van der Waals surface area contributed by atoms with Crippen LogP contribution in [0.5, 0.6) is 0 Å². The molecule has 0 saturated carbocycles. The summed E-state index contributed by atoms with van der Waals surface area (Å²) >= 11 is 1.87. The Morgan fingerprint density at radius 2 is 2.20 bits per heavy atom. The number of amides is 1. The van der Waals surface area contributed by atoms with Crippen LogP contribution in [-0.4, -0.2) is 48.1 Å². The Bertz CT molecular complexity index is 241. The molecule has 1 atom stereocenters. The van der Waals surface area contributed by atoms with Crippen LogP contribution in [0.4, 0.5) is 0 Å². The third-order valence-corrected chi connectivity index (χ3v) is 4.41. The van der Waals surface area contributed by atoms with E-state index >= 15 is 0 Å². The van der Waals surface area contributed by atoms with E-state index in [-0.39, 0.29) is 6.10 Å². The Balaban J connectivity index is 1.88. The standard InChI is InChI=1S/C11H19NO2S/c1-8(2)10-5-12(3-4-14-10)11(13)9-6-15-7-9/h8-10H,3-7H2,1-2H3. The van der Waals surface area contributed by atoms with Crippen molar-refractivity contribution in [2.75, 3.05) is 31.2 Å². The van der Waals surface area contributed by atoms with Crippen molar-refractivity contribution in [2.24, 2.45) is 11.8 Å². The number of hydrogen-bond acceptors (Lipinski definition) is 3. The molecule has 2 fully saturated rings. The van der Waals surface area contributed by atoms with Gasteiger partial charge in [-0.05, 0) is 5.92 Å². The van der Waals surface area contributed by atoms with Crippen LogP contribution in [-0.2, 0) is 9.53 Å². The van der Waals surface area contributed by atoms with Gasteiger partial charge in [-0.3, -0.25) is 4.79 Å². The van der Waals surface area contributed by atoms with Crippen molar-refractivity contribution in [1.29, 1.82) is 0 Å². The zero-order valence-electron chi connectivity index (χ0n) is 9.44. The molecule has 1 unspecified atom stereocenters.